The summed E-state index contributed by atoms with van der Waals surface area (Å²) >= 11 is 5.99. The number of carbonyl (C=O) groups is 1. The molecule has 0 unspecified atom stereocenters. The van der Waals surface area contributed by atoms with E-state index >= 15 is 0 Å². The highest BCUT2D eigenvalue weighted by atomic mass is 35.5. The number of benzene rings is 2. The number of halogens is 3. The zero-order chi connectivity index (χ0) is 19.7. The molecule has 0 fully saturated rings. The Morgan fingerprint density at radius 2 is 1.86 bits per heavy atom. The van der Waals surface area contributed by atoms with Gasteiger partial charge >= 0.3 is 0 Å². The summed E-state index contributed by atoms with van der Waals surface area (Å²) in [6.07, 6.45) is 3.74. The summed E-state index contributed by atoms with van der Waals surface area (Å²) < 4.78 is 29.1. The Labute approximate surface area is 166 Å². The monoisotopic (exact) mass is 401 g/mol. The highest BCUT2D eigenvalue weighted by Gasteiger charge is 2.25. The van der Waals surface area contributed by atoms with E-state index in [2.05, 4.69) is 14.9 Å². The van der Waals surface area contributed by atoms with Gasteiger partial charge in [0.1, 0.15) is 23.2 Å². The smallest absolute Gasteiger partial charge is 0.276 e. The average Bonchev–Trinajstić information content (AvgIpc) is 2.86. The van der Waals surface area contributed by atoms with Gasteiger partial charge in [0, 0.05) is 23.2 Å². The molecule has 1 aromatic heterocycles. The summed E-state index contributed by atoms with van der Waals surface area (Å²) in [5.74, 6) is -1.33. The van der Waals surface area contributed by atoms with Crippen LogP contribution in [-0.2, 0) is 13.0 Å². The third-order valence-electron chi connectivity index (χ3n) is 4.86. The molecule has 4 rings (SSSR count). The number of amides is 1. The van der Waals surface area contributed by atoms with Crippen molar-refractivity contribution in [3.05, 3.63) is 70.5 Å². The Kier molecular flexibility index (Phi) is 5.13. The number of anilines is 1. The quantitative estimate of drug-likeness (QED) is 0.633. The number of nitrogens with zero attached hydrogens (tertiary/aromatic N) is 2. The van der Waals surface area contributed by atoms with Crippen LogP contribution < -0.4 is 5.32 Å². The molecule has 1 aliphatic heterocycles. The first-order chi connectivity index (χ1) is 13.5. The zero-order valence-electron chi connectivity index (χ0n) is 15.0. The van der Waals surface area contributed by atoms with Crippen molar-refractivity contribution in [3.63, 3.8) is 0 Å². The first-order valence-corrected chi connectivity index (χ1v) is 9.52. The minimum Gasteiger partial charge on any atom is -0.327 e. The largest absolute Gasteiger partial charge is 0.327 e. The van der Waals surface area contributed by atoms with E-state index in [1.54, 1.807) is 12.1 Å². The normalized spacial score (nSPS) is 13.7. The standard InChI is InChI=1S/C21H18ClF2N3O/c22-14-7-5-13(6-8-14)20-26-19(18-4-2-1-3-11-27(18)20)21(28)25-17-10-9-15(23)12-16(17)24/h5-10,12H,1-4,11H2,(H,25,28). The van der Waals surface area contributed by atoms with Crippen LogP contribution in [0.1, 0.15) is 35.4 Å². The van der Waals surface area contributed by atoms with Crippen molar-refractivity contribution in [2.75, 3.05) is 5.32 Å². The summed E-state index contributed by atoms with van der Waals surface area (Å²) in [7, 11) is 0. The van der Waals surface area contributed by atoms with Gasteiger partial charge in [0.25, 0.3) is 5.91 Å². The van der Waals surface area contributed by atoms with Crippen molar-refractivity contribution in [1.82, 2.24) is 9.55 Å². The van der Waals surface area contributed by atoms with Crippen LogP contribution in [-0.4, -0.2) is 15.5 Å². The Hall–Kier alpha value is -2.73. The molecule has 0 spiro atoms. The molecular weight excluding hydrogens is 384 g/mol. The van der Waals surface area contributed by atoms with E-state index in [1.807, 2.05) is 12.1 Å². The lowest BCUT2D eigenvalue weighted by molar-refractivity contribution is 0.102. The van der Waals surface area contributed by atoms with E-state index in [4.69, 9.17) is 11.6 Å². The Morgan fingerprint density at radius 1 is 1.07 bits per heavy atom. The maximum atomic E-state index is 13.9. The Bertz CT molecular complexity index is 1030. The fraction of sp³-hybridized carbons (Fsp3) is 0.238. The van der Waals surface area contributed by atoms with Crippen LogP contribution in [0, 0.1) is 11.6 Å². The molecule has 1 N–H and O–H groups in total. The number of fused-ring (bicyclic) bond motifs is 1. The van der Waals surface area contributed by atoms with Gasteiger partial charge in [-0.2, -0.15) is 0 Å². The molecule has 144 valence electrons. The molecule has 0 saturated heterocycles. The number of rotatable bonds is 3. The fourth-order valence-electron chi connectivity index (χ4n) is 3.49. The molecule has 2 aromatic carbocycles. The summed E-state index contributed by atoms with van der Waals surface area (Å²) in [6.45, 7) is 0.762. The molecule has 0 radical (unpaired) electrons. The van der Waals surface area contributed by atoms with Gasteiger partial charge in [0.2, 0.25) is 0 Å². The lowest BCUT2D eigenvalue weighted by Gasteiger charge is -2.09. The third kappa shape index (κ3) is 3.64. The summed E-state index contributed by atoms with van der Waals surface area (Å²) in [6, 6.07) is 10.3. The summed E-state index contributed by atoms with van der Waals surface area (Å²) in [4.78, 5) is 17.5. The Balaban J connectivity index is 1.74. The van der Waals surface area contributed by atoms with Gasteiger partial charge in [-0.05, 0) is 55.7 Å². The number of imidazole rings is 1. The van der Waals surface area contributed by atoms with Gasteiger partial charge in [-0.15, -0.1) is 0 Å². The maximum absolute atomic E-state index is 13.9. The first kappa shape index (κ1) is 18.6. The molecule has 0 saturated carbocycles. The molecule has 28 heavy (non-hydrogen) atoms. The molecule has 0 bridgehead atoms. The SMILES string of the molecule is O=C(Nc1ccc(F)cc1F)c1nc(-c2ccc(Cl)cc2)n2c1CCCCC2. The minimum atomic E-state index is -0.823. The number of hydrogen-bond donors (Lipinski definition) is 1. The van der Waals surface area contributed by atoms with E-state index in [0.717, 1.165) is 55.6 Å². The van der Waals surface area contributed by atoms with Crippen molar-refractivity contribution in [2.45, 2.75) is 32.2 Å². The molecule has 3 aromatic rings. The molecular formula is C21H18ClF2N3O. The molecule has 0 atom stereocenters. The highest BCUT2D eigenvalue weighted by Crippen LogP contribution is 2.28. The number of nitrogens with one attached hydrogen (secondary N) is 1. The lowest BCUT2D eigenvalue weighted by Crippen LogP contribution is -2.16. The summed E-state index contributed by atoms with van der Waals surface area (Å²) in [5.41, 5.74) is 1.90. The van der Waals surface area contributed by atoms with Gasteiger partial charge in [-0.3, -0.25) is 4.79 Å². The molecule has 0 aliphatic carbocycles. The van der Waals surface area contributed by atoms with Gasteiger partial charge < -0.3 is 9.88 Å². The second kappa shape index (κ2) is 7.72. The second-order valence-corrected chi connectivity index (χ2v) is 7.21. The fourth-order valence-corrected chi connectivity index (χ4v) is 3.62. The van der Waals surface area contributed by atoms with Crippen LogP contribution in [0.25, 0.3) is 11.4 Å². The van der Waals surface area contributed by atoms with Crippen LogP contribution in [0.3, 0.4) is 0 Å². The van der Waals surface area contributed by atoms with E-state index < -0.39 is 17.5 Å². The predicted molar refractivity (Wildman–Crippen MR) is 105 cm³/mol. The minimum absolute atomic E-state index is 0.0742. The number of carbonyl (C=O) groups excluding carboxylic acids is 1. The van der Waals surface area contributed by atoms with Crippen LogP contribution in [0.5, 0.6) is 0 Å². The van der Waals surface area contributed by atoms with E-state index in [0.29, 0.717) is 10.8 Å². The second-order valence-electron chi connectivity index (χ2n) is 6.78. The van der Waals surface area contributed by atoms with Crippen LogP contribution in [0.2, 0.25) is 5.02 Å². The molecule has 7 heteroatoms. The number of aromatic nitrogens is 2. The van der Waals surface area contributed by atoms with Crippen molar-refractivity contribution < 1.29 is 13.6 Å². The van der Waals surface area contributed by atoms with Crippen LogP contribution in [0.4, 0.5) is 14.5 Å². The van der Waals surface area contributed by atoms with E-state index in [9.17, 15) is 13.6 Å². The average molecular weight is 402 g/mol. The number of hydrogen-bond acceptors (Lipinski definition) is 2. The van der Waals surface area contributed by atoms with Gasteiger partial charge in [0.15, 0.2) is 0 Å². The molecule has 2 heterocycles. The van der Waals surface area contributed by atoms with E-state index in [-0.39, 0.29) is 11.4 Å². The molecule has 1 aliphatic rings. The molecule has 1 amide bonds. The molecule has 4 nitrogen and oxygen atoms in total. The summed E-state index contributed by atoms with van der Waals surface area (Å²) in [5, 5.41) is 3.14. The van der Waals surface area contributed by atoms with Crippen molar-refractivity contribution in [2.24, 2.45) is 0 Å². The van der Waals surface area contributed by atoms with E-state index in [1.165, 1.54) is 6.07 Å². The van der Waals surface area contributed by atoms with Crippen LogP contribution >= 0.6 is 11.6 Å². The van der Waals surface area contributed by atoms with Gasteiger partial charge in [-0.1, -0.05) is 18.0 Å². The van der Waals surface area contributed by atoms with Crippen LogP contribution in [0.15, 0.2) is 42.5 Å². The van der Waals surface area contributed by atoms with Crippen molar-refractivity contribution in [3.8, 4) is 11.4 Å². The third-order valence-corrected chi connectivity index (χ3v) is 5.12. The van der Waals surface area contributed by atoms with Gasteiger partial charge in [-0.25, -0.2) is 13.8 Å². The topological polar surface area (TPSA) is 46.9 Å². The zero-order valence-corrected chi connectivity index (χ0v) is 15.8. The van der Waals surface area contributed by atoms with Crippen molar-refractivity contribution in [1.29, 1.82) is 0 Å². The van der Waals surface area contributed by atoms with Gasteiger partial charge in [0.05, 0.1) is 11.4 Å². The predicted octanol–water partition coefficient (Wildman–Crippen LogP) is 5.46. The maximum Gasteiger partial charge on any atom is 0.276 e. The Morgan fingerprint density at radius 3 is 2.61 bits per heavy atom. The first-order valence-electron chi connectivity index (χ1n) is 9.14. The van der Waals surface area contributed by atoms with Crippen molar-refractivity contribution >= 4 is 23.2 Å². The highest BCUT2D eigenvalue weighted by molar-refractivity contribution is 6.30. The lowest BCUT2D eigenvalue weighted by atomic mass is 10.1.